The highest BCUT2D eigenvalue weighted by atomic mass is 33.1. The van der Waals surface area contributed by atoms with Crippen LogP contribution in [-0.2, 0) is 6.54 Å². The molecular formula is C31H51N3O3S2+2. The van der Waals surface area contributed by atoms with Gasteiger partial charge in [0, 0.05) is 36.9 Å². The molecule has 0 bridgehead atoms. The molecule has 0 aliphatic rings. The number of aryl methyl sites for hydroxylation is 1. The Kier molecular flexibility index (Phi) is 15.8. The van der Waals surface area contributed by atoms with Crippen LogP contribution in [0, 0.1) is 0 Å². The third-order valence-corrected chi connectivity index (χ3v) is 9.20. The molecule has 0 aliphatic heterocycles. The molecule has 218 valence electrons. The van der Waals surface area contributed by atoms with Gasteiger partial charge in [-0.15, -0.1) is 0 Å². The summed E-state index contributed by atoms with van der Waals surface area (Å²) in [6.45, 7) is 8.10. The summed E-state index contributed by atoms with van der Waals surface area (Å²) in [5.41, 5.74) is 2.17. The highest BCUT2D eigenvalue weighted by Gasteiger charge is 2.14. The van der Waals surface area contributed by atoms with Gasteiger partial charge in [0.1, 0.15) is 6.54 Å². The van der Waals surface area contributed by atoms with Crippen LogP contribution in [0.25, 0.3) is 12.2 Å². The molecule has 2 rings (SSSR count). The zero-order valence-corrected chi connectivity index (χ0v) is 26.9. The number of rotatable bonds is 20. The monoisotopic (exact) mass is 577 g/mol. The normalized spacial score (nSPS) is 11.9. The summed E-state index contributed by atoms with van der Waals surface area (Å²) in [7, 11) is 15.9. The zero-order chi connectivity index (χ0) is 28.5. The lowest BCUT2D eigenvalue weighted by molar-refractivity contribution is -0.888. The average Bonchev–Trinajstić information content (AvgIpc) is 2.94. The van der Waals surface area contributed by atoms with E-state index in [1.54, 1.807) is 21.3 Å². The molecule has 0 spiro atoms. The third-order valence-electron chi connectivity index (χ3n) is 6.83. The van der Waals surface area contributed by atoms with Crippen molar-refractivity contribution >= 4 is 33.7 Å². The van der Waals surface area contributed by atoms with E-state index in [1.165, 1.54) is 49.6 Å². The van der Waals surface area contributed by atoms with Crippen molar-refractivity contribution in [3.63, 3.8) is 0 Å². The molecule has 0 aliphatic carbocycles. The molecular weight excluding hydrogens is 526 g/mol. The molecule has 0 amide bonds. The van der Waals surface area contributed by atoms with Gasteiger partial charge in [-0.2, -0.15) is 4.57 Å². The van der Waals surface area contributed by atoms with Gasteiger partial charge in [0.2, 0.25) is 11.4 Å². The number of hydrogen-bond acceptors (Lipinski definition) is 6. The number of benzene rings is 1. The largest absolute Gasteiger partial charge is 0.493 e. The number of hydrogen-bond donors (Lipinski definition) is 0. The van der Waals surface area contributed by atoms with Crippen LogP contribution in [-0.4, -0.2) is 89.5 Å². The summed E-state index contributed by atoms with van der Waals surface area (Å²) in [6, 6.07) is 10.3. The van der Waals surface area contributed by atoms with E-state index in [9.17, 15) is 0 Å². The van der Waals surface area contributed by atoms with E-state index in [0.717, 1.165) is 36.1 Å². The lowest BCUT2D eigenvalue weighted by Crippen LogP contribution is -2.42. The van der Waals surface area contributed by atoms with E-state index in [2.05, 4.69) is 74.1 Å². The smallest absolute Gasteiger partial charge is 0.205 e. The lowest BCUT2D eigenvalue weighted by atomic mass is 10.1. The number of pyridine rings is 1. The second kappa shape index (κ2) is 18.5. The van der Waals surface area contributed by atoms with Crippen molar-refractivity contribution in [1.29, 1.82) is 0 Å². The second-order valence-electron chi connectivity index (χ2n) is 10.5. The van der Waals surface area contributed by atoms with Gasteiger partial charge in [0.15, 0.2) is 17.7 Å². The van der Waals surface area contributed by atoms with Crippen molar-refractivity contribution in [3.8, 4) is 17.2 Å². The topological polar surface area (TPSA) is 34.8 Å². The van der Waals surface area contributed by atoms with E-state index < -0.39 is 0 Å². The highest BCUT2D eigenvalue weighted by molar-refractivity contribution is 8.76. The van der Waals surface area contributed by atoms with Crippen LogP contribution in [0.2, 0.25) is 0 Å². The minimum absolute atomic E-state index is 0.607. The molecule has 1 heterocycles. The molecule has 0 atom stereocenters. The summed E-state index contributed by atoms with van der Waals surface area (Å²) in [5, 5.41) is 0. The van der Waals surface area contributed by atoms with Crippen LogP contribution in [0.15, 0.2) is 36.5 Å². The number of methoxy groups -OCH3 is 3. The Hall–Kier alpha value is -1.87. The van der Waals surface area contributed by atoms with Crippen LogP contribution in [0.1, 0.15) is 43.9 Å². The maximum Gasteiger partial charge on any atom is 0.205 e. The lowest BCUT2D eigenvalue weighted by Gasteiger charge is -2.29. The summed E-state index contributed by atoms with van der Waals surface area (Å²) in [6.07, 6.45) is 11.3. The predicted molar refractivity (Wildman–Crippen MR) is 170 cm³/mol. The number of ether oxygens (including phenoxy) is 3. The first-order valence-corrected chi connectivity index (χ1v) is 16.5. The standard InChI is InChI=1S/C31H51N3O3S2/c1-8-9-21-34(3,4)22-24-39-38-23-20-32(2)17-12-13-19-33-18-11-10-14-28(33)16-15-27-25-29(35-5)31(37-7)30(26-27)36-6/h10-11,14-16,18,25-26H,8-9,12-13,17,19-24H2,1-7H3/q+2/b16-15+. The van der Waals surface area contributed by atoms with E-state index in [0.29, 0.717) is 17.2 Å². The van der Waals surface area contributed by atoms with Gasteiger partial charge in [-0.25, -0.2) is 0 Å². The van der Waals surface area contributed by atoms with E-state index in [-0.39, 0.29) is 0 Å². The summed E-state index contributed by atoms with van der Waals surface area (Å²) in [4.78, 5) is 2.47. The van der Waals surface area contributed by atoms with Crippen molar-refractivity contribution in [2.45, 2.75) is 39.2 Å². The van der Waals surface area contributed by atoms with Crippen molar-refractivity contribution in [2.75, 3.05) is 80.2 Å². The van der Waals surface area contributed by atoms with Crippen molar-refractivity contribution in [1.82, 2.24) is 4.90 Å². The molecule has 0 unspecified atom stereocenters. The first-order chi connectivity index (χ1) is 18.8. The van der Waals surface area contributed by atoms with Gasteiger partial charge < -0.3 is 23.6 Å². The molecule has 0 N–H and O–H groups in total. The SMILES string of the molecule is CCCC[N+](C)(C)CCSSCCN(C)CCCC[n+]1ccccc1/C=C/c1cc(OC)c(OC)c(OC)c1. The summed E-state index contributed by atoms with van der Waals surface area (Å²) in [5.74, 6) is 4.34. The fourth-order valence-electron chi connectivity index (χ4n) is 4.29. The van der Waals surface area contributed by atoms with Crippen LogP contribution in [0.5, 0.6) is 17.2 Å². The average molecular weight is 578 g/mol. The summed E-state index contributed by atoms with van der Waals surface area (Å²) < 4.78 is 19.9. The van der Waals surface area contributed by atoms with E-state index >= 15 is 0 Å². The Bertz CT molecular complexity index is 976. The minimum Gasteiger partial charge on any atom is -0.493 e. The number of unbranched alkanes of at least 4 members (excludes halogenated alkanes) is 2. The van der Waals surface area contributed by atoms with Crippen LogP contribution >= 0.6 is 21.6 Å². The number of aromatic nitrogens is 1. The molecule has 0 saturated heterocycles. The van der Waals surface area contributed by atoms with Crippen LogP contribution in [0.3, 0.4) is 0 Å². The fraction of sp³-hybridized carbons (Fsp3) is 0.581. The first kappa shape index (κ1) is 33.3. The molecule has 8 heteroatoms. The Balaban J connectivity index is 1.75. The van der Waals surface area contributed by atoms with Crippen molar-refractivity contribution < 1.29 is 23.3 Å². The maximum atomic E-state index is 5.49. The fourth-order valence-corrected chi connectivity index (χ4v) is 6.64. The van der Waals surface area contributed by atoms with Gasteiger partial charge in [-0.3, -0.25) is 0 Å². The molecule has 0 radical (unpaired) electrons. The predicted octanol–water partition coefficient (Wildman–Crippen LogP) is 6.14. The van der Waals surface area contributed by atoms with Crippen molar-refractivity contribution in [2.24, 2.45) is 0 Å². The molecule has 1 aromatic heterocycles. The molecule has 2 aromatic rings. The van der Waals surface area contributed by atoms with Crippen LogP contribution in [0.4, 0.5) is 0 Å². The maximum absolute atomic E-state index is 5.49. The Morgan fingerprint density at radius 3 is 2.26 bits per heavy atom. The second-order valence-corrected chi connectivity index (χ2v) is 13.2. The Morgan fingerprint density at radius 2 is 1.59 bits per heavy atom. The summed E-state index contributed by atoms with van der Waals surface area (Å²) >= 11 is 0. The molecule has 0 fully saturated rings. The van der Waals surface area contributed by atoms with Gasteiger partial charge in [-0.1, -0.05) is 34.9 Å². The number of nitrogens with zero attached hydrogens (tertiary/aromatic N) is 3. The third kappa shape index (κ3) is 12.5. The van der Waals surface area contributed by atoms with Gasteiger partial charge in [0.05, 0.1) is 54.3 Å². The Labute approximate surface area is 245 Å². The Morgan fingerprint density at radius 1 is 0.872 bits per heavy atom. The number of quaternary nitrogens is 1. The molecule has 6 nitrogen and oxygen atoms in total. The first-order valence-electron chi connectivity index (χ1n) is 14.0. The van der Waals surface area contributed by atoms with Crippen molar-refractivity contribution in [3.05, 3.63) is 47.8 Å². The zero-order valence-electron chi connectivity index (χ0n) is 25.3. The van der Waals surface area contributed by atoms with Crippen LogP contribution < -0.4 is 18.8 Å². The molecule has 1 aromatic carbocycles. The van der Waals surface area contributed by atoms with Gasteiger partial charge >= 0.3 is 0 Å². The minimum atomic E-state index is 0.607. The van der Waals surface area contributed by atoms with Gasteiger partial charge in [-0.05, 0) is 56.3 Å². The quantitative estimate of drug-likeness (QED) is 0.0814. The molecule has 39 heavy (non-hydrogen) atoms. The van der Waals surface area contributed by atoms with E-state index in [4.69, 9.17) is 14.2 Å². The van der Waals surface area contributed by atoms with E-state index in [1.807, 2.05) is 33.7 Å². The molecule has 0 saturated carbocycles. The van der Waals surface area contributed by atoms with Gasteiger partial charge in [0.25, 0.3) is 0 Å². The highest BCUT2D eigenvalue weighted by Crippen LogP contribution is 2.38.